The number of nitrogens with zero attached hydrogens (tertiary/aromatic N) is 2. The fourth-order valence-corrected chi connectivity index (χ4v) is 1.45. The molecule has 1 amide bonds. The van der Waals surface area contributed by atoms with Gasteiger partial charge in [0.25, 0.3) is 5.91 Å². The topological polar surface area (TPSA) is 63.6 Å². The van der Waals surface area contributed by atoms with Gasteiger partial charge in [0.15, 0.2) is 0 Å². The summed E-state index contributed by atoms with van der Waals surface area (Å²) in [5.74, 6) is 0.440. The van der Waals surface area contributed by atoms with E-state index in [1.54, 1.807) is 31.7 Å². The van der Waals surface area contributed by atoms with Gasteiger partial charge in [-0.15, -0.1) is 0 Å². The first-order chi connectivity index (χ1) is 9.29. The summed E-state index contributed by atoms with van der Waals surface area (Å²) < 4.78 is 5.09. The maximum Gasteiger partial charge on any atom is 0.272 e. The van der Waals surface area contributed by atoms with Crippen LogP contribution in [-0.4, -0.2) is 24.2 Å². The first-order valence-corrected chi connectivity index (χ1v) is 5.67. The Labute approximate surface area is 110 Å². The molecule has 1 N–H and O–H groups in total. The highest BCUT2D eigenvalue weighted by Gasteiger charge is 2.02. The van der Waals surface area contributed by atoms with Crippen molar-refractivity contribution in [1.29, 1.82) is 0 Å². The lowest BCUT2D eigenvalue weighted by Crippen LogP contribution is -2.17. The van der Waals surface area contributed by atoms with E-state index in [0.29, 0.717) is 5.56 Å². The van der Waals surface area contributed by atoms with Crippen molar-refractivity contribution in [3.63, 3.8) is 0 Å². The summed E-state index contributed by atoms with van der Waals surface area (Å²) in [6.07, 6.45) is 4.64. The molecule has 0 aliphatic heterocycles. The van der Waals surface area contributed by atoms with Crippen LogP contribution in [0.1, 0.15) is 15.9 Å². The summed E-state index contributed by atoms with van der Waals surface area (Å²) in [6, 6.07) is 10.7. The van der Waals surface area contributed by atoms with Crippen molar-refractivity contribution < 1.29 is 9.53 Å². The van der Waals surface area contributed by atoms with Crippen LogP contribution < -0.4 is 10.2 Å². The minimum absolute atomic E-state index is 0.299. The molecule has 0 bridgehead atoms. The molecule has 2 aromatic rings. The van der Waals surface area contributed by atoms with Gasteiger partial charge in [0.2, 0.25) is 0 Å². The molecule has 5 nitrogen and oxygen atoms in total. The third-order valence-corrected chi connectivity index (χ3v) is 2.40. The van der Waals surface area contributed by atoms with Crippen molar-refractivity contribution >= 4 is 12.1 Å². The second kappa shape index (κ2) is 6.30. The number of methoxy groups -OCH3 is 1. The molecule has 0 unspecified atom stereocenters. The number of carbonyl (C=O) groups is 1. The van der Waals surface area contributed by atoms with Crippen LogP contribution in [0.2, 0.25) is 0 Å². The zero-order chi connectivity index (χ0) is 13.5. The van der Waals surface area contributed by atoms with Crippen LogP contribution in [0.4, 0.5) is 0 Å². The fourth-order valence-electron chi connectivity index (χ4n) is 1.45. The SMILES string of the molecule is COc1cccc(/C=N\NC(=O)c2cccnc2)c1. The average Bonchev–Trinajstić information content (AvgIpc) is 2.48. The Morgan fingerprint density at radius 2 is 2.26 bits per heavy atom. The molecule has 0 saturated carbocycles. The van der Waals surface area contributed by atoms with Crippen LogP contribution in [0.5, 0.6) is 5.75 Å². The quantitative estimate of drug-likeness (QED) is 0.670. The third-order valence-electron chi connectivity index (χ3n) is 2.40. The van der Waals surface area contributed by atoms with E-state index in [9.17, 15) is 4.79 Å². The van der Waals surface area contributed by atoms with Gasteiger partial charge in [-0.2, -0.15) is 5.10 Å². The minimum Gasteiger partial charge on any atom is -0.497 e. The van der Waals surface area contributed by atoms with Crippen LogP contribution >= 0.6 is 0 Å². The van der Waals surface area contributed by atoms with E-state index in [0.717, 1.165) is 11.3 Å². The number of pyridine rings is 1. The number of carbonyl (C=O) groups excluding carboxylic acids is 1. The molecule has 5 heteroatoms. The molecule has 2 rings (SSSR count). The highest BCUT2D eigenvalue weighted by Crippen LogP contribution is 2.10. The zero-order valence-corrected chi connectivity index (χ0v) is 10.4. The number of rotatable bonds is 4. The third kappa shape index (κ3) is 3.64. The highest BCUT2D eigenvalue weighted by molar-refractivity contribution is 5.94. The van der Waals surface area contributed by atoms with Gasteiger partial charge < -0.3 is 4.74 Å². The van der Waals surface area contributed by atoms with Gasteiger partial charge in [0, 0.05) is 12.4 Å². The smallest absolute Gasteiger partial charge is 0.272 e. The Morgan fingerprint density at radius 3 is 3.00 bits per heavy atom. The van der Waals surface area contributed by atoms with Crippen LogP contribution in [0.3, 0.4) is 0 Å². The number of aromatic nitrogens is 1. The van der Waals surface area contributed by atoms with Crippen LogP contribution in [-0.2, 0) is 0 Å². The summed E-state index contributed by atoms with van der Waals surface area (Å²) in [6.45, 7) is 0. The summed E-state index contributed by atoms with van der Waals surface area (Å²) in [4.78, 5) is 15.5. The molecular weight excluding hydrogens is 242 g/mol. The lowest BCUT2D eigenvalue weighted by Gasteiger charge is -2.00. The molecule has 0 atom stereocenters. The van der Waals surface area contributed by atoms with Crippen molar-refractivity contribution in [3.05, 3.63) is 59.9 Å². The Kier molecular flexibility index (Phi) is 4.23. The van der Waals surface area contributed by atoms with Crippen LogP contribution in [0.15, 0.2) is 53.9 Å². The summed E-state index contributed by atoms with van der Waals surface area (Å²) in [5.41, 5.74) is 3.74. The van der Waals surface area contributed by atoms with E-state index in [4.69, 9.17) is 4.74 Å². The minimum atomic E-state index is -0.299. The van der Waals surface area contributed by atoms with E-state index in [1.807, 2.05) is 24.3 Å². The number of amides is 1. The Balaban J connectivity index is 1.98. The summed E-state index contributed by atoms with van der Waals surface area (Å²) in [5, 5.41) is 3.89. The van der Waals surface area contributed by atoms with Gasteiger partial charge in [-0.05, 0) is 29.8 Å². The lowest BCUT2D eigenvalue weighted by molar-refractivity contribution is 0.0955. The Morgan fingerprint density at radius 1 is 1.37 bits per heavy atom. The molecule has 0 spiro atoms. The number of hydrazone groups is 1. The predicted molar refractivity (Wildman–Crippen MR) is 72.3 cm³/mol. The summed E-state index contributed by atoms with van der Waals surface area (Å²) >= 11 is 0. The first kappa shape index (κ1) is 12.8. The molecule has 1 aromatic heterocycles. The summed E-state index contributed by atoms with van der Waals surface area (Å²) in [7, 11) is 1.60. The molecule has 0 aliphatic rings. The molecule has 0 radical (unpaired) electrons. The van der Waals surface area contributed by atoms with E-state index in [2.05, 4.69) is 15.5 Å². The molecule has 1 heterocycles. The molecule has 1 aromatic carbocycles. The second-order valence-corrected chi connectivity index (χ2v) is 3.72. The molecule has 0 saturated heterocycles. The molecule has 96 valence electrons. The molecule has 0 aliphatic carbocycles. The van der Waals surface area contributed by atoms with E-state index < -0.39 is 0 Å². The largest absolute Gasteiger partial charge is 0.497 e. The normalized spacial score (nSPS) is 10.4. The number of hydrogen-bond donors (Lipinski definition) is 1. The molecular formula is C14H13N3O2. The van der Waals surface area contributed by atoms with Crippen molar-refractivity contribution in [2.24, 2.45) is 5.10 Å². The van der Waals surface area contributed by atoms with Crippen LogP contribution in [0.25, 0.3) is 0 Å². The van der Waals surface area contributed by atoms with Crippen molar-refractivity contribution in [2.75, 3.05) is 7.11 Å². The van der Waals surface area contributed by atoms with Gasteiger partial charge in [-0.1, -0.05) is 12.1 Å². The Bertz CT molecular complexity index is 582. The van der Waals surface area contributed by atoms with Crippen LogP contribution in [0, 0.1) is 0 Å². The van der Waals surface area contributed by atoms with Gasteiger partial charge in [0.05, 0.1) is 18.9 Å². The van der Waals surface area contributed by atoms with Crippen molar-refractivity contribution in [2.45, 2.75) is 0 Å². The lowest BCUT2D eigenvalue weighted by atomic mass is 10.2. The fraction of sp³-hybridized carbons (Fsp3) is 0.0714. The first-order valence-electron chi connectivity index (χ1n) is 5.67. The van der Waals surface area contributed by atoms with E-state index >= 15 is 0 Å². The average molecular weight is 255 g/mol. The second-order valence-electron chi connectivity index (χ2n) is 3.72. The maximum absolute atomic E-state index is 11.7. The number of hydrogen-bond acceptors (Lipinski definition) is 4. The highest BCUT2D eigenvalue weighted by atomic mass is 16.5. The van der Waals surface area contributed by atoms with Crippen molar-refractivity contribution in [1.82, 2.24) is 10.4 Å². The number of nitrogens with one attached hydrogen (secondary N) is 1. The standard InChI is InChI=1S/C14H13N3O2/c1-19-13-6-2-4-11(8-13)9-16-17-14(18)12-5-3-7-15-10-12/h2-10H,1H3,(H,17,18)/b16-9-. The number of ether oxygens (including phenoxy) is 1. The van der Waals surface area contributed by atoms with Crippen molar-refractivity contribution in [3.8, 4) is 5.75 Å². The van der Waals surface area contributed by atoms with E-state index in [-0.39, 0.29) is 5.91 Å². The molecule has 19 heavy (non-hydrogen) atoms. The Hall–Kier alpha value is -2.69. The van der Waals surface area contributed by atoms with E-state index in [1.165, 1.54) is 6.20 Å². The van der Waals surface area contributed by atoms with Gasteiger partial charge in [-0.3, -0.25) is 9.78 Å². The van der Waals surface area contributed by atoms with Gasteiger partial charge in [-0.25, -0.2) is 5.43 Å². The van der Waals surface area contributed by atoms with Gasteiger partial charge >= 0.3 is 0 Å². The monoisotopic (exact) mass is 255 g/mol. The van der Waals surface area contributed by atoms with Gasteiger partial charge in [0.1, 0.15) is 5.75 Å². The molecule has 0 fully saturated rings. The number of benzene rings is 1. The predicted octanol–water partition coefficient (Wildman–Crippen LogP) is 1.85. The zero-order valence-electron chi connectivity index (χ0n) is 10.4. The maximum atomic E-state index is 11.7.